The van der Waals surface area contributed by atoms with E-state index in [-0.39, 0.29) is 5.91 Å². The summed E-state index contributed by atoms with van der Waals surface area (Å²) in [6, 6.07) is 8.49. The van der Waals surface area contributed by atoms with Crippen molar-refractivity contribution in [1.29, 1.82) is 0 Å². The van der Waals surface area contributed by atoms with E-state index in [9.17, 15) is 4.79 Å². The lowest BCUT2D eigenvalue weighted by Crippen LogP contribution is -2.05. The number of aryl methyl sites for hydroxylation is 1. The molecule has 6 heteroatoms. The minimum Gasteiger partial charge on any atom is -0.439 e. The Labute approximate surface area is 115 Å². The molecule has 2 aromatic rings. The molecule has 19 heavy (non-hydrogen) atoms. The van der Waals surface area contributed by atoms with Crippen molar-refractivity contribution >= 4 is 23.2 Å². The molecule has 0 fully saturated rings. The molecule has 0 saturated carbocycles. The second-order valence-electron chi connectivity index (χ2n) is 3.88. The molecule has 0 aliphatic rings. The van der Waals surface area contributed by atoms with E-state index in [1.165, 1.54) is 13.0 Å². The van der Waals surface area contributed by atoms with E-state index in [0.717, 1.165) is 0 Å². The largest absolute Gasteiger partial charge is 0.439 e. The Morgan fingerprint density at radius 1 is 1.26 bits per heavy atom. The molecular weight excluding hydrogens is 266 g/mol. The molecule has 2 rings (SSSR count). The average molecular weight is 278 g/mol. The lowest BCUT2D eigenvalue weighted by molar-refractivity contribution is -0.114. The Morgan fingerprint density at radius 2 is 1.95 bits per heavy atom. The molecule has 0 radical (unpaired) electrons. The first-order valence-corrected chi connectivity index (χ1v) is 5.97. The maximum absolute atomic E-state index is 10.9. The zero-order chi connectivity index (χ0) is 13.8. The minimum absolute atomic E-state index is 0.119. The summed E-state index contributed by atoms with van der Waals surface area (Å²) in [5, 5.41) is 3.00. The summed E-state index contributed by atoms with van der Waals surface area (Å²) in [5.74, 6) is 1.40. The normalized spacial score (nSPS) is 10.1. The Bertz CT molecular complexity index is 579. The zero-order valence-corrected chi connectivity index (χ0v) is 11.2. The summed E-state index contributed by atoms with van der Waals surface area (Å²) < 4.78 is 5.55. The number of amides is 1. The molecule has 1 N–H and O–H groups in total. The number of hydrogen-bond acceptors (Lipinski definition) is 4. The standard InChI is InChI=1S/C13H12ClN3O2/c1-8-15-12(14)7-13(16-8)19-11-5-3-10(4-6-11)17-9(2)18/h3-7H,1-2H3,(H,17,18). The number of halogens is 1. The summed E-state index contributed by atoms with van der Waals surface area (Å²) in [6.45, 7) is 3.19. The van der Waals surface area contributed by atoms with E-state index in [1.807, 2.05) is 0 Å². The number of benzene rings is 1. The summed E-state index contributed by atoms with van der Waals surface area (Å²) >= 11 is 5.82. The van der Waals surface area contributed by atoms with Crippen LogP contribution in [-0.2, 0) is 4.79 Å². The summed E-state index contributed by atoms with van der Waals surface area (Å²) in [7, 11) is 0. The number of ether oxygens (including phenoxy) is 1. The smallest absolute Gasteiger partial charge is 0.224 e. The van der Waals surface area contributed by atoms with Crippen LogP contribution in [0.25, 0.3) is 0 Å². The van der Waals surface area contributed by atoms with E-state index < -0.39 is 0 Å². The molecule has 98 valence electrons. The van der Waals surface area contributed by atoms with Crippen molar-refractivity contribution in [2.75, 3.05) is 5.32 Å². The Morgan fingerprint density at radius 3 is 2.53 bits per heavy atom. The number of anilines is 1. The molecule has 1 amide bonds. The van der Waals surface area contributed by atoms with Crippen molar-refractivity contribution in [3.63, 3.8) is 0 Å². The maximum Gasteiger partial charge on any atom is 0.224 e. The van der Waals surface area contributed by atoms with Gasteiger partial charge in [-0.05, 0) is 31.2 Å². The van der Waals surface area contributed by atoms with Crippen molar-refractivity contribution in [3.05, 3.63) is 41.3 Å². The highest BCUT2D eigenvalue weighted by Crippen LogP contribution is 2.23. The molecule has 0 spiro atoms. The van der Waals surface area contributed by atoms with Gasteiger partial charge in [0.2, 0.25) is 11.8 Å². The van der Waals surface area contributed by atoms with E-state index in [1.54, 1.807) is 31.2 Å². The number of hydrogen-bond donors (Lipinski definition) is 1. The SMILES string of the molecule is CC(=O)Nc1ccc(Oc2cc(Cl)nc(C)n2)cc1. The molecule has 1 aromatic heterocycles. The predicted octanol–water partition coefficient (Wildman–Crippen LogP) is 3.19. The van der Waals surface area contributed by atoms with Gasteiger partial charge in [-0.1, -0.05) is 11.6 Å². The number of nitrogens with one attached hydrogen (secondary N) is 1. The fourth-order valence-electron chi connectivity index (χ4n) is 1.49. The number of aromatic nitrogens is 2. The summed E-state index contributed by atoms with van der Waals surface area (Å²) in [6.07, 6.45) is 0. The van der Waals surface area contributed by atoms with Crippen LogP contribution < -0.4 is 10.1 Å². The second-order valence-corrected chi connectivity index (χ2v) is 4.27. The minimum atomic E-state index is -0.119. The van der Waals surface area contributed by atoms with Gasteiger partial charge in [-0.15, -0.1) is 0 Å². The third kappa shape index (κ3) is 3.93. The van der Waals surface area contributed by atoms with E-state index in [4.69, 9.17) is 16.3 Å². The highest BCUT2D eigenvalue weighted by molar-refractivity contribution is 6.29. The van der Waals surface area contributed by atoms with Crippen LogP contribution in [0.15, 0.2) is 30.3 Å². The summed E-state index contributed by atoms with van der Waals surface area (Å²) in [5.41, 5.74) is 0.705. The topological polar surface area (TPSA) is 64.1 Å². The molecule has 1 heterocycles. The van der Waals surface area contributed by atoms with Crippen LogP contribution in [0.4, 0.5) is 5.69 Å². The molecule has 0 bridgehead atoms. The van der Waals surface area contributed by atoms with Crippen molar-refractivity contribution in [3.8, 4) is 11.6 Å². The third-order valence-electron chi connectivity index (χ3n) is 2.18. The number of carbonyl (C=O) groups is 1. The van der Waals surface area contributed by atoms with Gasteiger partial charge in [-0.3, -0.25) is 4.79 Å². The van der Waals surface area contributed by atoms with E-state index in [2.05, 4.69) is 15.3 Å². The number of nitrogens with zero attached hydrogens (tertiary/aromatic N) is 2. The van der Waals surface area contributed by atoms with Gasteiger partial charge in [0.15, 0.2) is 0 Å². The highest BCUT2D eigenvalue weighted by atomic mass is 35.5. The van der Waals surface area contributed by atoms with Gasteiger partial charge in [0, 0.05) is 18.7 Å². The monoisotopic (exact) mass is 277 g/mol. The maximum atomic E-state index is 10.9. The predicted molar refractivity (Wildman–Crippen MR) is 72.6 cm³/mol. The lowest BCUT2D eigenvalue weighted by atomic mass is 10.3. The van der Waals surface area contributed by atoms with Crippen LogP contribution >= 0.6 is 11.6 Å². The van der Waals surface area contributed by atoms with Gasteiger partial charge < -0.3 is 10.1 Å². The fourth-order valence-corrected chi connectivity index (χ4v) is 1.70. The first-order chi connectivity index (χ1) is 9.02. The number of carbonyl (C=O) groups excluding carboxylic acids is 1. The van der Waals surface area contributed by atoms with Crippen molar-refractivity contribution in [2.45, 2.75) is 13.8 Å². The van der Waals surface area contributed by atoms with Crippen molar-refractivity contribution in [1.82, 2.24) is 9.97 Å². The average Bonchev–Trinajstić information content (AvgIpc) is 2.29. The van der Waals surface area contributed by atoms with E-state index in [0.29, 0.717) is 28.3 Å². The molecule has 1 aromatic carbocycles. The molecule has 0 saturated heterocycles. The Kier molecular flexibility index (Phi) is 3.97. The van der Waals surface area contributed by atoms with Crippen LogP contribution in [0.1, 0.15) is 12.7 Å². The Hall–Kier alpha value is -2.14. The van der Waals surface area contributed by atoms with Gasteiger partial charge in [-0.2, -0.15) is 4.98 Å². The van der Waals surface area contributed by atoms with Gasteiger partial charge in [0.25, 0.3) is 0 Å². The second kappa shape index (κ2) is 5.67. The van der Waals surface area contributed by atoms with Gasteiger partial charge in [0.1, 0.15) is 16.7 Å². The van der Waals surface area contributed by atoms with E-state index >= 15 is 0 Å². The molecule has 5 nitrogen and oxygen atoms in total. The lowest BCUT2D eigenvalue weighted by Gasteiger charge is -2.07. The van der Waals surface area contributed by atoms with Crippen LogP contribution in [0.3, 0.4) is 0 Å². The molecule has 0 aliphatic carbocycles. The molecule has 0 atom stereocenters. The van der Waals surface area contributed by atoms with Gasteiger partial charge in [-0.25, -0.2) is 4.98 Å². The van der Waals surface area contributed by atoms with Gasteiger partial charge in [0.05, 0.1) is 0 Å². The van der Waals surface area contributed by atoms with Crippen molar-refractivity contribution < 1.29 is 9.53 Å². The fraction of sp³-hybridized carbons (Fsp3) is 0.154. The molecular formula is C13H12ClN3O2. The first-order valence-electron chi connectivity index (χ1n) is 5.59. The van der Waals surface area contributed by atoms with Crippen LogP contribution in [0.2, 0.25) is 5.15 Å². The zero-order valence-electron chi connectivity index (χ0n) is 10.5. The number of rotatable bonds is 3. The highest BCUT2D eigenvalue weighted by Gasteiger charge is 2.03. The quantitative estimate of drug-likeness (QED) is 0.875. The van der Waals surface area contributed by atoms with Crippen LogP contribution in [0.5, 0.6) is 11.6 Å². The van der Waals surface area contributed by atoms with Gasteiger partial charge >= 0.3 is 0 Å². The first kappa shape index (κ1) is 13.3. The Balaban J connectivity index is 2.12. The molecule has 0 aliphatic heterocycles. The van der Waals surface area contributed by atoms with Crippen molar-refractivity contribution in [2.24, 2.45) is 0 Å². The van der Waals surface area contributed by atoms with Crippen LogP contribution in [-0.4, -0.2) is 15.9 Å². The van der Waals surface area contributed by atoms with Crippen LogP contribution in [0, 0.1) is 6.92 Å². The third-order valence-corrected chi connectivity index (χ3v) is 2.37. The summed E-state index contributed by atoms with van der Waals surface area (Å²) in [4.78, 5) is 19.0. The molecule has 0 unspecified atom stereocenters.